The Morgan fingerprint density at radius 1 is 1.22 bits per heavy atom. The molecule has 6 nitrogen and oxygen atoms in total. The lowest BCUT2D eigenvalue weighted by Crippen LogP contribution is -2.06. The molecule has 1 N–H and O–H groups in total. The van der Waals surface area contributed by atoms with Gasteiger partial charge < -0.3 is 10.1 Å². The fourth-order valence-electron chi connectivity index (χ4n) is 1.34. The number of hydrogen-bond donors (Lipinski definition) is 1. The van der Waals surface area contributed by atoms with Gasteiger partial charge in [0.2, 0.25) is 11.8 Å². The van der Waals surface area contributed by atoms with E-state index in [2.05, 4.69) is 25.3 Å². The summed E-state index contributed by atoms with van der Waals surface area (Å²) in [6, 6.07) is 1.72. The van der Waals surface area contributed by atoms with Crippen LogP contribution in [-0.2, 0) is 6.54 Å². The number of ether oxygens (including phenoxy) is 1. The van der Waals surface area contributed by atoms with Crippen molar-refractivity contribution >= 4 is 5.95 Å². The predicted octanol–water partition coefficient (Wildman–Crippen LogP) is 1.59. The molecule has 0 saturated heterocycles. The topological polar surface area (TPSA) is 72.8 Å². The van der Waals surface area contributed by atoms with Crippen molar-refractivity contribution in [3.8, 4) is 5.88 Å². The fourth-order valence-corrected chi connectivity index (χ4v) is 1.34. The summed E-state index contributed by atoms with van der Waals surface area (Å²) in [6.45, 7) is 4.93. The van der Waals surface area contributed by atoms with Gasteiger partial charge in [-0.15, -0.1) is 0 Å². The van der Waals surface area contributed by atoms with Crippen LogP contribution >= 0.6 is 0 Å². The Balaban J connectivity index is 1.97. The second-order valence-electron chi connectivity index (χ2n) is 3.65. The maximum absolute atomic E-state index is 5.30. The summed E-state index contributed by atoms with van der Waals surface area (Å²) in [5.41, 5.74) is 1.74. The van der Waals surface area contributed by atoms with E-state index in [1.54, 1.807) is 24.7 Å². The van der Waals surface area contributed by atoms with Gasteiger partial charge in [-0.25, -0.2) is 4.98 Å². The molecule has 18 heavy (non-hydrogen) atoms. The molecule has 0 aliphatic carbocycles. The Labute approximate surface area is 105 Å². The van der Waals surface area contributed by atoms with Crippen LogP contribution in [0.2, 0.25) is 0 Å². The number of anilines is 1. The first-order valence-electron chi connectivity index (χ1n) is 5.75. The second kappa shape index (κ2) is 5.90. The van der Waals surface area contributed by atoms with Gasteiger partial charge in [-0.2, -0.15) is 4.98 Å². The van der Waals surface area contributed by atoms with Crippen molar-refractivity contribution < 1.29 is 4.74 Å². The number of nitrogens with one attached hydrogen (secondary N) is 1. The zero-order valence-corrected chi connectivity index (χ0v) is 10.4. The van der Waals surface area contributed by atoms with Crippen molar-refractivity contribution in [2.24, 2.45) is 0 Å². The predicted molar refractivity (Wildman–Crippen MR) is 67.3 cm³/mol. The molecule has 0 aliphatic heterocycles. The molecule has 0 atom stereocenters. The summed E-state index contributed by atoms with van der Waals surface area (Å²) in [6.07, 6.45) is 5.12. The van der Waals surface area contributed by atoms with Crippen molar-refractivity contribution in [3.63, 3.8) is 0 Å². The van der Waals surface area contributed by atoms with E-state index in [9.17, 15) is 0 Å². The molecule has 0 aromatic carbocycles. The van der Waals surface area contributed by atoms with Crippen molar-refractivity contribution in [1.29, 1.82) is 0 Å². The summed E-state index contributed by atoms with van der Waals surface area (Å²) in [5.74, 6) is 1.08. The Bertz CT molecular complexity index is 500. The molecule has 0 bridgehead atoms. The highest BCUT2D eigenvalue weighted by Gasteiger charge is 2.00. The van der Waals surface area contributed by atoms with Crippen LogP contribution < -0.4 is 10.1 Å². The van der Waals surface area contributed by atoms with E-state index >= 15 is 0 Å². The van der Waals surface area contributed by atoms with E-state index in [0.717, 1.165) is 11.4 Å². The third kappa shape index (κ3) is 3.38. The molecule has 2 rings (SSSR count). The molecule has 0 unspecified atom stereocenters. The number of rotatable bonds is 5. The summed E-state index contributed by atoms with van der Waals surface area (Å²) >= 11 is 0. The van der Waals surface area contributed by atoms with E-state index in [1.165, 1.54) is 0 Å². The van der Waals surface area contributed by atoms with Gasteiger partial charge in [0.05, 0.1) is 30.7 Å². The monoisotopic (exact) mass is 245 g/mol. The van der Waals surface area contributed by atoms with Crippen molar-refractivity contribution in [3.05, 3.63) is 36.0 Å². The Kier molecular flexibility index (Phi) is 4.01. The van der Waals surface area contributed by atoms with Crippen LogP contribution in [-0.4, -0.2) is 26.5 Å². The van der Waals surface area contributed by atoms with E-state index in [1.807, 2.05) is 13.8 Å². The van der Waals surface area contributed by atoms with Crippen molar-refractivity contribution in [2.45, 2.75) is 20.4 Å². The average molecular weight is 245 g/mol. The fraction of sp³-hybridized carbons (Fsp3) is 0.333. The Morgan fingerprint density at radius 3 is 2.83 bits per heavy atom. The summed E-state index contributed by atoms with van der Waals surface area (Å²) in [4.78, 5) is 16.7. The molecule has 0 spiro atoms. The van der Waals surface area contributed by atoms with Crippen LogP contribution in [0.15, 0.2) is 24.7 Å². The SMILES string of the molecule is CCOc1ccnc(NCc2cnc(C)cn2)n1. The van der Waals surface area contributed by atoms with Gasteiger partial charge in [0.15, 0.2) is 0 Å². The number of hydrogen-bond acceptors (Lipinski definition) is 6. The standard InChI is InChI=1S/C12H15N5O/c1-3-18-11-4-5-13-12(17-11)16-8-10-7-14-9(2)6-15-10/h4-7H,3,8H2,1-2H3,(H,13,16,17). The minimum absolute atomic E-state index is 0.517. The Hall–Kier alpha value is -2.24. The molecule has 0 aliphatic rings. The Morgan fingerprint density at radius 2 is 2.11 bits per heavy atom. The molecule has 2 aromatic rings. The molecule has 0 saturated carbocycles. The molecule has 6 heteroatoms. The van der Waals surface area contributed by atoms with Gasteiger partial charge in [-0.3, -0.25) is 9.97 Å². The first-order valence-corrected chi connectivity index (χ1v) is 5.75. The molecule has 2 aromatic heterocycles. The minimum atomic E-state index is 0.517. The van der Waals surface area contributed by atoms with E-state index in [-0.39, 0.29) is 0 Å². The molecular weight excluding hydrogens is 230 g/mol. The van der Waals surface area contributed by atoms with Crippen LogP contribution in [0, 0.1) is 6.92 Å². The molecule has 0 radical (unpaired) electrons. The zero-order valence-electron chi connectivity index (χ0n) is 10.4. The quantitative estimate of drug-likeness (QED) is 0.862. The first kappa shape index (κ1) is 12.2. The number of aromatic nitrogens is 4. The van der Waals surface area contributed by atoms with Gasteiger partial charge in [0.1, 0.15) is 0 Å². The summed E-state index contributed by atoms with van der Waals surface area (Å²) < 4.78 is 5.30. The number of nitrogens with zero attached hydrogens (tertiary/aromatic N) is 4. The van der Waals surface area contributed by atoms with Crippen LogP contribution in [0.3, 0.4) is 0 Å². The third-order valence-electron chi connectivity index (χ3n) is 2.18. The molecule has 0 amide bonds. The molecule has 94 valence electrons. The first-order chi connectivity index (χ1) is 8.78. The van der Waals surface area contributed by atoms with Crippen LogP contribution in [0.4, 0.5) is 5.95 Å². The van der Waals surface area contributed by atoms with Gasteiger partial charge in [-0.05, 0) is 13.8 Å². The highest BCUT2D eigenvalue weighted by Crippen LogP contribution is 2.08. The third-order valence-corrected chi connectivity index (χ3v) is 2.18. The lowest BCUT2D eigenvalue weighted by Gasteiger charge is -2.06. The minimum Gasteiger partial charge on any atom is -0.478 e. The van der Waals surface area contributed by atoms with Crippen LogP contribution in [0.1, 0.15) is 18.3 Å². The van der Waals surface area contributed by atoms with Gasteiger partial charge >= 0.3 is 0 Å². The van der Waals surface area contributed by atoms with Gasteiger partial charge in [0, 0.05) is 18.5 Å². The van der Waals surface area contributed by atoms with E-state index < -0.39 is 0 Å². The largest absolute Gasteiger partial charge is 0.478 e. The van der Waals surface area contributed by atoms with E-state index in [0.29, 0.717) is 25.0 Å². The smallest absolute Gasteiger partial charge is 0.226 e. The molecule has 0 fully saturated rings. The lowest BCUT2D eigenvalue weighted by molar-refractivity contribution is 0.326. The number of aryl methyl sites for hydroxylation is 1. The highest BCUT2D eigenvalue weighted by molar-refractivity contribution is 5.28. The molecular formula is C12H15N5O. The maximum Gasteiger partial charge on any atom is 0.226 e. The normalized spacial score (nSPS) is 10.1. The summed E-state index contributed by atoms with van der Waals surface area (Å²) in [5, 5.41) is 3.07. The van der Waals surface area contributed by atoms with E-state index in [4.69, 9.17) is 4.74 Å². The summed E-state index contributed by atoms with van der Waals surface area (Å²) in [7, 11) is 0. The van der Waals surface area contributed by atoms with Gasteiger partial charge in [0.25, 0.3) is 0 Å². The van der Waals surface area contributed by atoms with Gasteiger partial charge in [-0.1, -0.05) is 0 Å². The zero-order chi connectivity index (χ0) is 12.8. The van der Waals surface area contributed by atoms with Crippen LogP contribution in [0.25, 0.3) is 0 Å². The van der Waals surface area contributed by atoms with Crippen molar-refractivity contribution in [1.82, 2.24) is 19.9 Å². The average Bonchev–Trinajstić information content (AvgIpc) is 2.39. The molecule has 2 heterocycles. The highest BCUT2D eigenvalue weighted by atomic mass is 16.5. The second-order valence-corrected chi connectivity index (χ2v) is 3.65. The lowest BCUT2D eigenvalue weighted by atomic mass is 10.4. The van der Waals surface area contributed by atoms with Crippen LogP contribution in [0.5, 0.6) is 5.88 Å². The van der Waals surface area contributed by atoms with Crippen molar-refractivity contribution in [2.75, 3.05) is 11.9 Å². The maximum atomic E-state index is 5.30.